The molecule has 0 saturated heterocycles. The van der Waals surface area contributed by atoms with Crippen LogP contribution in [0.2, 0.25) is 0 Å². The van der Waals surface area contributed by atoms with E-state index in [-0.39, 0.29) is 5.78 Å². The first-order valence-corrected chi connectivity index (χ1v) is 3.25. The molecule has 3 heteroatoms. The number of ether oxygens (including phenoxy) is 1. The Morgan fingerprint density at radius 1 is 1.40 bits per heavy atom. The Kier molecular flexibility index (Phi) is 3.69. The van der Waals surface area contributed by atoms with Crippen LogP contribution < -0.4 is 0 Å². The van der Waals surface area contributed by atoms with Crippen molar-refractivity contribution in [2.45, 2.75) is 33.3 Å². The quantitative estimate of drug-likeness (QED) is 0.553. The van der Waals surface area contributed by atoms with Gasteiger partial charge in [-0.15, -0.1) is 0 Å². The molecule has 58 valence electrons. The molecule has 0 aromatic carbocycles. The van der Waals surface area contributed by atoms with Crippen LogP contribution in [-0.4, -0.2) is 17.9 Å². The lowest BCUT2D eigenvalue weighted by Crippen LogP contribution is -2.22. The maximum absolute atomic E-state index is 10.6. The fourth-order valence-corrected chi connectivity index (χ4v) is 0.654. The van der Waals surface area contributed by atoms with Gasteiger partial charge in [-0.3, -0.25) is 9.59 Å². The molecule has 0 radical (unpaired) electrons. The molecule has 0 unspecified atom stereocenters. The van der Waals surface area contributed by atoms with Crippen molar-refractivity contribution >= 4 is 11.8 Å². The SMILES string of the molecule is CC[C@H](OC(C)=O)C(C)=O. The summed E-state index contributed by atoms with van der Waals surface area (Å²) < 4.78 is 4.67. The van der Waals surface area contributed by atoms with Crippen molar-refractivity contribution in [3.05, 3.63) is 0 Å². The van der Waals surface area contributed by atoms with Gasteiger partial charge in [-0.05, 0) is 13.3 Å². The van der Waals surface area contributed by atoms with Crippen LogP contribution in [0.25, 0.3) is 0 Å². The average Bonchev–Trinajstić information content (AvgIpc) is 1.81. The summed E-state index contributed by atoms with van der Waals surface area (Å²) in [4.78, 5) is 21.0. The fraction of sp³-hybridized carbons (Fsp3) is 0.714. The molecular weight excluding hydrogens is 132 g/mol. The molecule has 0 aliphatic rings. The molecule has 3 nitrogen and oxygen atoms in total. The minimum Gasteiger partial charge on any atom is -0.455 e. The van der Waals surface area contributed by atoms with Crippen LogP contribution >= 0.6 is 0 Å². The molecule has 10 heavy (non-hydrogen) atoms. The van der Waals surface area contributed by atoms with Gasteiger partial charge in [0, 0.05) is 6.92 Å². The lowest BCUT2D eigenvalue weighted by atomic mass is 10.2. The number of carbonyl (C=O) groups is 2. The van der Waals surface area contributed by atoms with E-state index in [9.17, 15) is 9.59 Å². The molecule has 0 fully saturated rings. The van der Waals surface area contributed by atoms with Gasteiger partial charge in [0.05, 0.1) is 0 Å². The molecule has 0 aliphatic carbocycles. The molecule has 0 bridgehead atoms. The van der Waals surface area contributed by atoms with Gasteiger partial charge in [0.25, 0.3) is 0 Å². The van der Waals surface area contributed by atoms with E-state index < -0.39 is 12.1 Å². The van der Waals surface area contributed by atoms with Gasteiger partial charge in [0.1, 0.15) is 0 Å². The van der Waals surface area contributed by atoms with Crippen molar-refractivity contribution in [2.75, 3.05) is 0 Å². The van der Waals surface area contributed by atoms with E-state index in [1.165, 1.54) is 13.8 Å². The van der Waals surface area contributed by atoms with E-state index in [0.717, 1.165) is 0 Å². The standard InChI is InChI=1S/C7H12O3/c1-4-7(5(2)8)10-6(3)9/h7H,4H2,1-3H3/t7-/m0/s1. The number of Topliss-reactive ketones (excluding diaryl/α,β-unsaturated/α-hetero) is 1. The first-order valence-electron chi connectivity index (χ1n) is 3.25. The van der Waals surface area contributed by atoms with E-state index in [4.69, 9.17) is 0 Å². The maximum atomic E-state index is 10.6. The van der Waals surface area contributed by atoms with Gasteiger partial charge in [0.15, 0.2) is 11.9 Å². The second kappa shape index (κ2) is 4.04. The van der Waals surface area contributed by atoms with Crippen LogP contribution in [0.15, 0.2) is 0 Å². The highest BCUT2D eigenvalue weighted by molar-refractivity contribution is 5.82. The van der Waals surface area contributed by atoms with Crippen molar-refractivity contribution in [1.29, 1.82) is 0 Å². The van der Waals surface area contributed by atoms with Gasteiger partial charge in [-0.2, -0.15) is 0 Å². The van der Waals surface area contributed by atoms with Crippen molar-refractivity contribution in [3.63, 3.8) is 0 Å². The van der Waals surface area contributed by atoms with E-state index >= 15 is 0 Å². The van der Waals surface area contributed by atoms with Crippen LogP contribution in [0, 0.1) is 0 Å². The third-order valence-electron chi connectivity index (χ3n) is 1.13. The lowest BCUT2D eigenvalue weighted by Gasteiger charge is -2.09. The summed E-state index contributed by atoms with van der Waals surface area (Å²) in [6, 6.07) is 0. The van der Waals surface area contributed by atoms with E-state index in [0.29, 0.717) is 6.42 Å². The number of hydrogen-bond donors (Lipinski definition) is 0. The highest BCUT2D eigenvalue weighted by atomic mass is 16.5. The largest absolute Gasteiger partial charge is 0.455 e. The number of carbonyl (C=O) groups excluding carboxylic acids is 2. The first-order chi connectivity index (χ1) is 4.57. The minimum atomic E-state index is -0.544. The van der Waals surface area contributed by atoms with Gasteiger partial charge < -0.3 is 4.74 Å². The zero-order valence-corrected chi connectivity index (χ0v) is 6.51. The Hall–Kier alpha value is -0.860. The van der Waals surface area contributed by atoms with Crippen LogP contribution in [0.4, 0.5) is 0 Å². The summed E-state index contributed by atoms with van der Waals surface area (Å²) in [5.41, 5.74) is 0. The minimum absolute atomic E-state index is 0.0994. The maximum Gasteiger partial charge on any atom is 0.303 e. The van der Waals surface area contributed by atoms with Gasteiger partial charge >= 0.3 is 5.97 Å². The Bertz CT molecular complexity index is 140. The topological polar surface area (TPSA) is 43.4 Å². The first kappa shape index (κ1) is 9.14. The Labute approximate surface area is 60.4 Å². The van der Waals surface area contributed by atoms with Crippen molar-refractivity contribution in [1.82, 2.24) is 0 Å². The molecule has 0 heterocycles. The molecule has 0 N–H and O–H groups in total. The monoisotopic (exact) mass is 144 g/mol. The van der Waals surface area contributed by atoms with Crippen LogP contribution in [0.3, 0.4) is 0 Å². The highest BCUT2D eigenvalue weighted by Crippen LogP contribution is 1.98. The van der Waals surface area contributed by atoms with Gasteiger partial charge in [-0.1, -0.05) is 6.92 Å². The number of rotatable bonds is 3. The number of hydrogen-bond acceptors (Lipinski definition) is 3. The van der Waals surface area contributed by atoms with E-state index in [2.05, 4.69) is 4.74 Å². The zero-order valence-electron chi connectivity index (χ0n) is 6.51. The normalized spacial score (nSPS) is 12.3. The molecule has 0 saturated carbocycles. The highest BCUT2D eigenvalue weighted by Gasteiger charge is 2.13. The van der Waals surface area contributed by atoms with Crippen molar-refractivity contribution in [2.24, 2.45) is 0 Å². The molecule has 0 spiro atoms. The number of esters is 1. The summed E-state index contributed by atoms with van der Waals surface area (Å²) in [7, 11) is 0. The van der Waals surface area contributed by atoms with Crippen LogP contribution in [0.1, 0.15) is 27.2 Å². The lowest BCUT2D eigenvalue weighted by molar-refractivity contribution is -0.152. The Balaban J connectivity index is 3.83. The molecule has 0 amide bonds. The summed E-state index contributed by atoms with van der Waals surface area (Å²) in [5, 5.41) is 0. The number of ketones is 1. The second-order valence-corrected chi connectivity index (χ2v) is 2.12. The predicted molar refractivity (Wildman–Crippen MR) is 36.5 cm³/mol. The smallest absolute Gasteiger partial charge is 0.303 e. The van der Waals surface area contributed by atoms with Crippen LogP contribution in [-0.2, 0) is 14.3 Å². The van der Waals surface area contributed by atoms with Crippen LogP contribution in [0.5, 0.6) is 0 Å². The Morgan fingerprint density at radius 2 is 1.90 bits per heavy atom. The third-order valence-corrected chi connectivity index (χ3v) is 1.13. The van der Waals surface area contributed by atoms with Gasteiger partial charge in [0.2, 0.25) is 0 Å². The van der Waals surface area contributed by atoms with E-state index in [1.54, 1.807) is 6.92 Å². The van der Waals surface area contributed by atoms with E-state index in [1.807, 2.05) is 0 Å². The molecule has 0 aromatic heterocycles. The second-order valence-electron chi connectivity index (χ2n) is 2.12. The summed E-state index contributed by atoms with van der Waals surface area (Å²) in [6.45, 7) is 4.51. The molecular formula is C7H12O3. The average molecular weight is 144 g/mol. The summed E-state index contributed by atoms with van der Waals surface area (Å²) in [5.74, 6) is -0.500. The van der Waals surface area contributed by atoms with Crippen molar-refractivity contribution < 1.29 is 14.3 Å². The zero-order chi connectivity index (χ0) is 8.15. The Morgan fingerprint density at radius 3 is 2.00 bits per heavy atom. The summed E-state index contributed by atoms with van der Waals surface area (Å²) in [6.07, 6.45) is 0.00653. The third kappa shape index (κ3) is 3.22. The van der Waals surface area contributed by atoms with Crippen molar-refractivity contribution in [3.8, 4) is 0 Å². The summed E-state index contributed by atoms with van der Waals surface area (Å²) >= 11 is 0. The molecule has 0 rings (SSSR count). The molecule has 1 atom stereocenters. The van der Waals surface area contributed by atoms with Gasteiger partial charge in [-0.25, -0.2) is 0 Å². The fourth-order valence-electron chi connectivity index (χ4n) is 0.654. The molecule has 0 aliphatic heterocycles. The predicted octanol–water partition coefficient (Wildman–Crippen LogP) is 0.917. The molecule has 0 aromatic rings.